The standard InChI is InChI=1S/C18H20N2O7S/c1-20(2)28(24,25)12-7-5-11(6-8-12)17(21)19-14-10-16(27-4)15(26-3)9-13(14)18(22)23/h5-10H,1-4H3,(H,19,21)(H,22,23). The first kappa shape index (κ1) is 21.2. The Kier molecular flexibility index (Phi) is 6.26. The number of carbonyl (C=O) groups is 2. The van der Waals surface area contributed by atoms with E-state index in [0.29, 0.717) is 0 Å². The zero-order valence-corrected chi connectivity index (χ0v) is 16.5. The molecule has 28 heavy (non-hydrogen) atoms. The number of ether oxygens (including phenoxy) is 2. The van der Waals surface area contributed by atoms with Crippen molar-refractivity contribution in [3.05, 3.63) is 47.5 Å². The summed E-state index contributed by atoms with van der Waals surface area (Å²) in [6.07, 6.45) is 0. The van der Waals surface area contributed by atoms with Crippen molar-refractivity contribution in [3.63, 3.8) is 0 Å². The highest BCUT2D eigenvalue weighted by molar-refractivity contribution is 7.89. The summed E-state index contributed by atoms with van der Waals surface area (Å²) in [6, 6.07) is 7.86. The smallest absolute Gasteiger partial charge is 0.337 e. The number of rotatable bonds is 7. The van der Waals surface area contributed by atoms with E-state index < -0.39 is 21.9 Å². The number of aromatic carboxylic acids is 1. The maximum absolute atomic E-state index is 12.5. The van der Waals surface area contributed by atoms with Crippen LogP contribution in [0.4, 0.5) is 5.69 Å². The lowest BCUT2D eigenvalue weighted by molar-refractivity contribution is 0.0697. The fraction of sp³-hybridized carbons (Fsp3) is 0.222. The SMILES string of the molecule is COc1cc(NC(=O)c2ccc(S(=O)(=O)N(C)C)cc2)c(C(=O)O)cc1OC. The number of carbonyl (C=O) groups excluding carboxylic acids is 1. The number of hydrogen-bond donors (Lipinski definition) is 2. The Morgan fingerprint density at radius 1 is 1.00 bits per heavy atom. The molecule has 0 aromatic heterocycles. The topological polar surface area (TPSA) is 122 Å². The maximum atomic E-state index is 12.5. The van der Waals surface area contributed by atoms with E-state index >= 15 is 0 Å². The lowest BCUT2D eigenvalue weighted by Crippen LogP contribution is -2.22. The van der Waals surface area contributed by atoms with Crippen LogP contribution in [-0.2, 0) is 10.0 Å². The number of methoxy groups -OCH3 is 2. The van der Waals surface area contributed by atoms with Crippen LogP contribution in [0.1, 0.15) is 20.7 Å². The molecule has 0 aliphatic heterocycles. The monoisotopic (exact) mass is 408 g/mol. The molecular formula is C18H20N2O7S. The fourth-order valence-electron chi connectivity index (χ4n) is 2.34. The zero-order valence-electron chi connectivity index (χ0n) is 15.7. The summed E-state index contributed by atoms with van der Waals surface area (Å²) in [5, 5.41) is 11.9. The van der Waals surface area contributed by atoms with E-state index in [2.05, 4.69) is 5.32 Å². The van der Waals surface area contributed by atoms with E-state index in [0.717, 1.165) is 4.31 Å². The zero-order chi connectivity index (χ0) is 21.1. The Morgan fingerprint density at radius 2 is 1.54 bits per heavy atom. The van der Waals surface area contributed by atoms with Gasteiger partial charge in [-0.3, -0.25) is 4.79 Å². The van der Waals surface area contributed by atoms with Gasteiger partial charge < -0.3 is 19.9 Å². The van der Waals surface area contributed by atoms with E-state index in [4.69, 9.17) is 9.47 Å². The molecule has 0 aliphatic rings. The van der Waals surface area contributed by atoms with E-state index in [-0.39, 0.29) is 33.2 Å². The van der Waals surface area contributed by atoms with Gasteiger partial charge in [0.25, 0.3) is 5.91 Å². The fourth-order valence-corrected chi connectivity index (χ4v) is 3.24. The molecule has 0 heterocycles. The molecule has 0 radical (unpaired) electrons. The summed E-state index contributed by atoms with van der Waals surface area (Å²) in [5.41, 5.74) is -0.0122. The van der Waals surface area contributed by atoms with Crippen LogP contribution in [0.2, 0.25) is 0 Å². The molecule has 2 N–H and O–H groups in total. The van der Waals surface area contributed by atoms with Gasteiger partial charge in [-0.15, -0.1) is 0 Å². The van der Waals surface area contributed by atoms with Gasteiger partial charge in [-0.1, -0.05) is 0 Å². The molecule has 0 unspecified atom stereocenters. The number of sulfonamides is 1. The first-order valence-electron chi connectivity index (χ1n) is 7.95. The van der Waals surface area contributed by atoms with Crippen molar-refractivity contribution in [2.45, 2.75) is 4.90 Å². The highest BCUT2D eigenvalue weighted by atomic mass is 32.2. The highest BCUT2D eigenvalue weighted by Gasteiger charge is 2.20. The third-order valence-electron chi connectivity index (χ3n) is 3.90. The van der Waals surface area contributed by atoms with Gasteiger partial charge in [0.2, 0.25) is 10.0 Å². The van der Waals surface area contributed by atoms with Crippen molar-refractivity contribution in [1.82, 2.24) is 4.31 Å². The Bertz CT molecular complexity index is 999. The summed E-state index contributed by atoms with van der Waals surface area (Å²) in [6.45, 7) is 0. The quantitative estimate of drug-likeness (QED) is 0.717. The van der Waals surface area contributed by atoms with Gasteiger partial charge in [-0.2, -0.15) is 0 Å². The average molecular weight is 408 g/mol. The number of amides is 1. The molecule has 2 aromatic carbocycles. The number of benzene rings is 2. The molecule has 9 nitrogen and oxygen atoms in total. The molecule has 0 aliphatic carbocycles. The Labute approximate surface area is 162 Å². The molecule has 0 bridgehead atoms. The van der Waals surface area contributed by atoms with Crippen LogP contribution >= 0.6 is 0 Å². The first-order chi connectivity index (χ1) is 13.1. The van der Waals surface area contributed by atoms with Gasteiger partial charge in [0.05, 0.1) is 30.4 Å². The number of carboxylic acid groups (broad SMARTS) is 1. The van der Waals surface area contributed by atoms with E-state index in [9.17, 15) is 23.1 Å². The number of nitrogens with one attached hydrogen (secondary N) is 1. The average Bonchev–Trinajstić information content (AvgIpc) is 2.67. The molecule has 0 fully saturated rings. The van der Waals surface area contributed by atoms with Gasteiger partial charge in [0.15, 0.2) is 11.5 Å². The predicted octanol–water partition coefficient (Wildman–Crippen LogP) is 1.90. The second kappa shape index (κ2) is 8.28. The molecule has 0 atom stereocenters. The second-order valence-corrected chi connectivity index (χ2v) is 7.98. The molecule has 0 saturated heterocycles. The lowest BCUT2D eigenvalue weighted by atomic mass is 10.1. The Hall–Kier alpha value is -3.11. The van der Waals surface area contributed by atoms with Gasteiger partial charge in [-0.05, 0) is 24.3 Å². The molecule has 1 amide bonds. The molecular weight excluding hydrogens is 388 g/mol. The first-order valence-corrected chi connectivity index (χ1v) is 9.39. The maximum Gasteiger partial charge on any atom is 0.337 e. The molecule has 10 heteroatoms. The summed E-state index contributed by atoms with van der Waals surface area (Å²) in [5.74, 6) is -1.42. The van der Waals surface area contributed by atoms with Crippen LogP contribution in [0.5, 0.6) is 11.5 Å². The van der Waals surface area contributed by atoms with Gasteiger partial charge in [-0.25, -0.2) is 17.5 Å². The summed E-state index contributed by atoms with van der Waals surface area (Å²) in [7, 11) is 1.94. The molecule has 0 saturated carbocycles. The summed E-state index contributed by atoms with van der Waals surface area (Å²) in [4.78, 5) is 24.0. The molecule has 0 spiro atoms. The van der Waals surface area contributed by atoms with Crippen molar-refractivity contribution in [1.29, 1.82) is 0 Å². The highest BCUT2D eigenvalue weighted by Crippen LogP contribution is 2.33. The van der Waals surface area contributed by atoms with Crippen molar-refractivity contribution in [3.8, 4) is 11.5 Å². The van der Waals surface area contributed by atoms with Crippen molar-refractivity contribution in [2.24, 2.45) is 0 Å². The van der Waals surface area contributed by atoms with Gasteiger partial charge in [0.1, 0.15) is 0 Å². The summed E-state index contributed by atoms with van der Waals surface area (Å²) < 4.78 is 35.4. The molecule has 150 valence electrons. The Morgan fingerprint density at radius 3 is 2.00 bits per heavy atom. The van der Waals surface area contributed by atoms with Gasteiger partial charge in [0, 0.05) is 31.8 Å². The minimum Gasteiger partial charge on any atom is -0.493 e. The minimum absolute atomic E-state index is 0.0140. The van der Waals surface area contributed by atoms with Crippen LogP contribution in [-0.4, -0.2) is 58.0 Å². The number of hydrogen-bond acceptors (Lipinski definition) is 6. The molecule has 2 rings (SSSR count). The molecule has 2 aromatic rings. The number of nitrogens with zero attached hydrogens (tertiary/aromatic N) is 1. The van der Waals surface area contributed by atoms with E-state index in [1.54, 1.807) is 0 Å². The summed E-state index contributed by atoms with van der Waals surface area (Å²) >= 11 is 0. The predicted molar refractivity (Wildman–Crippen MR) is 102 cm³/mol. The van der Waals surface area contributed by atoms with Crippen molar-refractivity contribution in [2.75, 3.05) is 33.6 Å². The van der Waals surface area contributed by atoms with Crippen LogP contribution in [0.25, 0.3) is 0 Å². The van der Waals surface area contributed by atoms with E-state index in [1.165, 1.54) is 64.7 Å². The van der Waals surface area contributed by atoms with Gasteiger partial charge >= 0.3 is 5.97 Å². The normalized spacial score (nSPS) is 11.2. The Balaban J connectivity index is 2.36. The van der Waals surface area contributed by atoms with Crippen LogP contribution in [0, 0.1) is 0 Å². The van der Waals surface area contributed by atoms with Crippen molar-refractivity contribution < 1.29 is 32.6 Å². The van der Waals surface area contributed by atoms with Crippen LogP contribution in [0.3, 0.4) is 0 Å². The number of carboxylic acids is 1. The van der Waals surface area contributed by atoms with Crippen molar-refractivity contribution >= 4 is 27.6 Å². The lowest BCUT2D eigenvalue weighted by Gasteiger charge is -2.14. The third-order valence-corrected chi connectivity index (χ3v) is 5.73. The van der Waals surface area contributed by atoms with E-state index in [1.807, 2.05) is 0 Å². The number of anilines is 1. The second-order valence-electron chi connectivity index (χ2n) is 5.82. The van der Waals surface area contributed by atoms with Crippen LogP contribution in [0.15, 0.2) is 41.3 Å². The third kappa shape index (κ3) is 4.24. The largest absolute Gasteiger partial charge is 0.493 e. The minimum atomic E-state index is -3.62. The van der Waals surface area contributed by atoms with Crippen LogP contribution < -0.4 is 14.8 Å².